The van der Waals surface area contributed by atoms with E-state index in [0.717, 1.165) is 13.0 Å². The quantitative estimate of drug-likeness (QED) is 0.479. The highest BCUT2D eigenvalue weighted by Gasteiger charge is 1.87. The van der Waals surface area contributed by atoms with Gasteiger partial charge in [-0.15, -0.1) is 0 Å². The third-order valence-corrected chi connectivity index (χ3v) is 0.779. The second kappa shape index (κ2) is 2.64. The molecular formula is C5H8NO. The Bertz CT molecular complexity index is 62.5. The lowest BCUT2D eigenvalue weighted by Crippen LogP contribution is -2.09. The zero-order chi connectivity index (χ0) is 4.95. The van der Waals surface area contributed by atoms with E-state index in [1.54, 1.807) is 6.26 Å². The molecule has 0 amide bonds. The Balaban J connectivity index is 2.20. The van der Waals surface area contributed by atoms with Gasteiger partial charge in [0.1, 0.15) is 6.26 Å². The van der Waals surface area contributed by atoms with Crippen molar-refractivity contribution in [2.75, 3.05) is 6.54 Å². The number of rotatable bonds is 0. The fraction of sp³-hybridized carbons (Fsp3) is 0.400. The van der Waals surface area contributed by atoms with E-state index in [0.29, 0.717) is 0 Å². The minimum atomic E-state index is 0.910. The van der Waals surface area contributed by atoms with Crippen molar-refractivity contribution in [2.45, 2.75) is 6.42 Å². The van der Waals surface area contributed by atoms with E-state index in [9.17, 15) is 0 Å². The van der Waals surface area contributed by atoms with Gasteiger partial charge in [-0.2, -0.15) is 5.48 Å². The summed E-state index contributed by atoms with van der Waals surface area (Å²) in [6, 6.07) is 0. The molecule has 0 spiro atoms. The monoisotopic (exact) mass is 98.1 g/mol. The molecule has 0 unspecified atom stereocenters. The molecule has 1 rings (SSSR count). The largest absolute Gasteiger partial charge is 0.417 e. The van der Waals surface area contributed by atoms with Gasteiger partial charge in [0.2, 0.25) is 0 Å². The molecule has 2 heteroatoms. The molecule has 0 fully saturated rings. The van der Waals surface area contributed by atoms with Crippen LogP contribution >= 0.6 is 0 Å². The molecule has 0 saturated heterocycles. The van der Waals surface area contributed by atoms with Crippen molar-refractivity contribution >= 4 is 0 Å². The van der Waals surface area contributed by atoms with E-state index in [2.05, 4.69) is 11.9 Å². The summed E-state index contributed by atoms with van der Waals surface area (Å²) in [4.78, 5) is 4.73. The molecule has 0 aliphatic carbocycles. The van der Waals surface area contributed by atoms with E-state index < -0.39 is 0 Å². The summed E-state index contributed by atoms with van der Waals surface area (Å²) in [6.07, 6.45) is 6.63. The van der Waals surface area contributed by atoms with E-state index >= 15 is 0 Å². The van der Waals surface area contributed by atoms with Gasteiger partial charge in [0, 0.05) is 6.54 Å². The molecule has 0 aromatic carbocycles. The van der Waals surface area contributed by atoms with Crippen LogP contribution in [0.1, 0.15) is 6.42 Å². The lowest BCUT2D eigenvalue weighted by molar-refractivity contribution is 0.140. The molecule has 7 heavy (non-hydrogen) atoms. The van der Waals surface area contributed by atoms with E-state index in [1.807, 2.05) is 6.08 Å². The average Bonchev–Trinajstić information content (AvgIpc) is 1.90. The van der Waals surface area contributed by atoms with Crippen LogP contribution in [0.2, 0.25) is 0 Å². The summed E-state index contributed by atoms with van der Waals surface area (Å²) < 4.78 is 0. The first-order chi connectivity index (χ1) is 3.50. The van der Waals surface area contributed by atoms with Gasteiger partial charge in [-0.3, -0.25) is 0 Å². The highest BCUT2D eigenvalue weighted by atomic mass is 16.6. The summed E-state index contributed by atoms with van der Waals surface area (Å²) in [7, 11) is 0. The summed E-state index contributed by atoms with van der Waals surface area (Å²) in [5.74, 6) is 0. The summed E-state index contributed by atoms with van der Waals surface area (Å²) >= 11 is 0. The summed E-state index contributed by atoms with van der Waals surface area (Å²) in [6.45, 7) is 0.910. The van der Waals surface area contributed by atoms with Gasteiger partial charge in [-0.25, -0.2) is 0 Å². The molecule has 0 aromatic heterocycles. The van der Waals surface area contributed by atoms with Crippen LogP contribution in [0.3, 0.4) is 0 Å². The molecule has 0 saturated carbocycles. The van der Waals surface area contributed by atoms with Crippen LogP contribution in [0, 0.1) is 6.42 Å². The fourth-order valence-corrected chi connectivity index (χ4v) is 0.440. The van der Waals surface area contributed by atoms with Gasteiger partial charge in [0.15, 0.2) is 0 Å². The van der Waals surface area contributed by atoms with Crippen LogP contribution in [0.25, 0.3) is 0 Å². The Morgan fingerprint density at radius 3 is 3.57 bits per heavy atom. The molecule has 1 N–H and O–H groups in total. The maximum atomic E-state index is 4.73. The first-order valence-electron chi connectivity index (χ1n) is 2.37. The van der Waals surface area contributed by atoms with E-state index in [4.69, 9.17) is 4.84 Å². The topological polar surface area (TPSA) is 21.3 Å². The lowest BCUT2D eigenvalue weighted by atomic mass is 10.3. The third kappa shape index (κ3) is 1.59. The normalized spacial score (nSPS) is 20.6. The Hall–Kier alpha value is -0.500. The molecule has 1 radical (unpaired) electrons. The second-order valence-electron chi connectivity index (χ2n) is 1.37. The van der Waals surface area contributed by atoms with Gasteiger partial charge in [-0.1, -0.05) is 0 Å². The second-order valence-corrected chi connectivity index (χ2v) is 1.37. The molecule has 1 heterocycles. The van der Waals surface area contributed by atoms with Crippen LogP contribution in [0.15, 0.2) is 12.3 Å². The predicted molar refractivity (Wildman–Crippen MR) is 27.1 cm³/mol. The zero-order valence-corrected chi connectivity index (χ0v) is 4.05. The van der Waals surface area contributed by atoms with Gasteiger partial charge < -0.3 is 4.84 Å². The molecule has 39 valence electrons. The van der Waals surface area contributed by atoms with Crippen LogP contribution in [0.4, 0.5) is 0 Å². The highest BCUT2D eigenvalue weighted by molar-refractivity contribution is 4.91. The SMILES string of the molecule is [CH]1C=CONCC1. The van der Waals surface area contributed by atoms with Gasteiger partial charge >= 0.3 is 0 Å². The fourth-order valence-electron chi connectivity index (χ4n) is 0.440. The standard InChI is InChI=1S/C5H8NO/c1-2-4-6-7-5-3-1/h1,3,5-6H,2,4H2. The number of hydrogen-bond acceptors (Lipinski definition) is 2. The molecule has 1 aliphatic heterocycles. The number of hydrogen-bond donors (Lipinski definition) is 1. The Kier molecular flexibility index (Phi) is 1.75. The molecular weight excluding hydrogens is 90.1 g/mol. The maximum Gasteiger partial charge on any atom is 0.107 e. The number of hydroxylamine groups is 1. The van der Waals surface area contributed by atoms with Crippen LogP contribution < -0.4 is 5.48 Å². The van der Waals surface area contributed by atoms with Crippen molar-refractivity contribution in [2.24, 2.45) is 0 Å². The molecule has 0 atom stereocenters. The van der Waals surface area contributed by atoms with Crippen molar-refractivity contribution in [1.82, 2.24) is 5.48 Å². The van der Waals surface area contributed by atoms with Crippen molar-refractivity contribution in [3.63, 3.8) is 0 Å². The molecule has 2 nitrogen and oxygen atoms in total. The summed E-state index contributed by atoms with van der Waals surface area (Å²) in [5.41, 5.74) is 2.73. The maximum absolute atomic E-state index is 4.73. The van der Waals surface area contributed by atoms with Crippen LogP contribution in [0.5, 0.6) is 0 Å². The van der Waals surface area contributed by atoms with Gasteiger partial charge in [-0.05, 0) is 18.9 Å². The average molecular weight is 98.1 g/mol. The predicted octanol–water partition coefficient (Wildman–Crippen LogP) is 0.629. The zero-order valence-electron chi connectivity index (χ0n) is 4.05. The van der Waals surface area contributed by atoms with Gasteiger partial charge in [0.25, 0.3) is 0 Å². The Morgan fingerprint density at radius 2 is 2.57 bits per heavy atom. The first-order valence-corrected chi connectivity index (χ1v) is 2.37. The Labute approximate surface area is 43.1 Å². The third-order valence-electron chi connectivity index (χ3n) is 0.779. The van der Waals surface area contributed by atoms with E-state index in [1.165, 1.54) is 0 Å². The molecule has 1 aliphatic rings. The van der Waals surface area contributed by atoms with Crippen LogP contribution in [-0.4, -0.2) is 6.54 Å². The lowest BCUT2D eigenvalue weighted by Gasteiger charge is -1.93. The minimum Gasteiger partial charge on any atom is -0.417 e. The van der Waals surface area contributed by atoms with Gasteiger partial charge in [0.05, 0.1) is 0 Å². The smallest absolute Gasteiger partial charge is 0.107 e. The van der Waals surface area contributed by atoms with Crippen molar-refractivity contribution in [3.05, 3.63) is 18.8 Å². The Morgan fingerprint density at radius 1 is 1.57 bits per heavy atom. The van der Waals surface area contributed by atoms with Crippen molar-refractivity contribution in [1.29, 1.82) is 0 Å². The molecule has 0 bridgehead atoms. The number of nitrogens with one attached hydrogen (secondary N) is 1. The van der Waals surface area contributed by atoms with E-state index in [-0.39, 0.29) is 0 Å². The highest BCUT2D eigenvalue weighted by Crippen LogP contribution is 1.90. The van der Waals surface area contributed by atoms with Crippen molar-refractivity contribution < 1.29 is 4.84 Å². The number of allylic oxidation sites excluding steroid dienone is 1. The first kappa shape index (κ1) is 4.65. The molecule has 0 aromatic rings. The summed E-state index contributed by atoms with van der Waals surface area (Å²) in [5, 5.41) is 0. The minimum absolute atomic E-state index is 0.910. The van der Waals surface area contributed by atoms with Crippen LogP contribution in [-0.2, 0) is 4.84 Å². The van der Waals surface area contributed by atoms with Crippen molar-refractivity contribution in [3.8, 4) is 0 Å².